The van der Waals surface area contributed by atoms with E-state index in [0.717, 1.165) is 17.0 Å². The number of imidazole rings is 1. The van der Waals surface area contributed by atoms with Gasteiger partial charge in [-0.15, -0.1) is 0 Å². The van der Waals surface area contributed by atoms with E-state index in [9.17, 15) is 4.39 Å². The van der Waals surface area contributed by atoms with Crippen molar-refractivity contribution in [2.24, 2.45) is 5.73 Å². The molecule has 0 saturated carbocycles. The molecule has 0 radical (unpaired) electrons. The van der Waals surface area contributed by atoms with Gasteiger partial charge in [0.05, 0.1) is 11.4 Å². The standard InChI is InChI=1S/C13H11FN4/c14-10-3-4-12-17-13(9-2-1-5-16-7-9)11(6-15)18(12)8-10/h1-5,7-8H,6,15H2. The maximum absolute atomic E-state index is 13.3. The Kier molecular flexibility index (Phi) is 2.53. The number of rotatable bonds is 2. The Labute approximate surface area is 103 Å². The molecule has 0 saturated heterocycles. The zero-order valence-electron chi connectivity index (χ0n) is 9.55. The highest BCUT2D eigenvalue weighted by atomic mass is 19.1. The summed E-state index contributed by atoms with van der Waals surface area (Å²) in [6, 6.07) is 6.76. The lowest BCUT2D eigenvalue weighted by atomic mass is 10.2. The smallest absolute Gasteiger partial charge is 0.139 e. The largest absolute Gasteiger partial charge is 0.325 e. The third kappa shape index (κ3) is 1.65. The minimum atomic E-state index is -0.313. The molecule has 0 aliphatic carbocycles. The number of hydrogen-bond donors (Lipinski definition) is 1. The third-order valence-corrected chi connectivity index (χ3v) is 2.81. The summed E-state index contributed by atoms with van der Waals surface area (Å²) in [6.45, 7) is 0.287. The van der Waals surface area contributed by atoms with E-state index in [1.165, 1.54) is 12.3 Å². The molecular formula is C13H11FN4. The Bertz CT molecular complexity index is 691. The van der Waals surface area contributed by atoms with Gasteiger partial charge in [-0.2, -0.15) is 0 Å². The second-order valence-electron chi connectivity index (χ2n) is 3.93. The number of fused-ring (bicyclic) bond motifs is 1. The van der Waals surface area contributed by atoms with Crippen molar-refractivity contribution in [2.45, 2.75) is 6.54 Å². The van der Waals surface area contributed by atoms with Crippen LogP contribution in [0.4, 0.5) is 4.39 Å². The molecule has 0 aliphatic heterocycles. The molecule has 0 atom stereocenters. The lowest BCUT2D eigenvalue weighted by molar-refractivity contribution is 0.618. The molecule has 18 heavy (non-hydrogen) atoms. The molecule has 4 nitrogen and oxygen atoms in total. The summed E-state index contributed by atoms with van der Waals surface area (Å²) in [4.78, 5) is 8.53. The molecule has 3 aromatic heterocycles. The average Bonchev–Trinajstić information content (AvgIpc) is 2.77. The maximum Gasteiger partial charge on any atom is 0.139 e. The minimum absolute atomic E-state index is 0.287. The van der Waals surface area contributed by atoms with Gasteiger partial charge in [-0.3, -0.25) is 9.38 Å². The molecule has 0 bridgehead atoms. The first kappa shape index (κ1) is 10.9. The van der Waals surface area contributed by atoms with Crippen LogP contribution < -0.4 is 5.73 Å². The molecule has 0 amide bonds. The van der Waals surface area contributed by atoms with Gasteiger partial charge in [-0.1, -0.05) is 0 Å². The molecular weight excluding hydrogens is 231 g/mol. The lowest BCUT2D eigenvalue weighted by Crippen LogP contribution is -2.02. The van der Waals surface area contributed by atoms with Crippen LogP contribution in [0.2, 0.25) is 0 Å². The van der Waals surface area contributed by atoms with E-state index in [0.29, 0.717) is 5.65 Å². The Balaban J connectivity index is 2.30. The number of halogens is 1. The van der Waals surface area contributed by atoms with Gasteiger partial charge in [0, 0.05) is 30.7 Å². The van der Waals surface area contributed by atoms with Crippen LogP contribution in [0.3, 0.4) is 0 Å². The number of nitrogens with zero attached hydrogens (tertiary/aromatic N) is 3. The molecule has 0 aromatic carbocycles. The number of aromatic nitrogens is 3. The Morgan fingerprint density at radius 1 is 1.28 bits per heavy atom. The zero-order chi connectivity index (χ0) is 12.5. The Morgan fingerprint density at radius 3 is 2.89 bits per heavy atom. The van der Waals surface area contributed by atoms with Gasteiger partial charge in [0.25, 0.3) is 0 Å². The van der Waals surface area contributed by atoms with Crippen molar-refractivity contribution in [1.29, 1.82) is 0 Å². The van der Waals surface area contributed by atoms with Crippen molar-refractivity contribution in [1.82, 2.24) is 14.4 Å². The quantitative estimate of drug-likeness (QED) is 0.747. The second-order valence-corrected chi connectivity index (χ2v) is 3.93. The van der Waals surface area contributed by atoms with Crippen LogP contribution in [0, 0.1) is 5.82 Å². The van der Waals surface area contributed by atoms with Crippen molar-refractivity contribution >= 4 is 5.65 Å². The van der Waals surface area contributed by atoms with Crippen LogP contribution in [-0.2, 0) is 6.54 Å². The minimum Gasteiger partial charge on any atom is -0.325 e. The summed E-state index contributed by atoms with van der Waals surface area (Å²) < 4.78 is 14.9. The fourth-order valence-corrected chi connectivity index (χ4v) is 2.00. The average molecular weight is 242 g/mol. The van der Waals surface area contributed by atoms with Gasteiger partial charge in [0.15, 0.2) is 0 Å². The van der Waals surface area contributed by atoms with E-state index >= 15 is 0 Å². The molecule has 90 valence electrons. The third-order valence-electron chi connectivity index (χ3n) is 2.81. The number of hydrogen-bond acceptors (Lipinski definition) is 3. The first-order chi connectivity index (χ1) is 8.79. The number of nitrogens with two attached hydrogens (primary N) is 1. The highest BCUT2D eigenvalue weighted by molar-refractivity contribution is 5.65. The fraction of sp³-hybridized carbons (Fsp3) is 0.0769. The topological polar surface area (TPSA) is 56.2 Å². The summed E-state index contributed by atoms with van der Waals surface area (Å²) in [5, 5.41) is 0. The molecule has 3 heterocycles. The first-order valence-corrected chi connectivity index (χ1v) is 5.56. The molecule has 2 N–H and O–H groups in total. The van der Waals surface area contributed by atoms with Crippen LogP contribution in [0.25, 0.3) is 16.9 Å². The summed E-state index contributed by atoms with van der Waals surface area (Å²) in [6.07, 6.45) is 4.81. The first-order valence-electron chi connectivity index (χ1n) is 5.56. The normalized spacial score (nSPS) is 11.0. The molecule has 3 aromatic rings. The van der Waals surface area contributed by atoms with Gasteiger partial charge in [-0.05, 0) is 24.3 Å². The van der Waals surface area contributed by atoms with Crippen LogP contribution in [0.15, 0.2) is 42.9 Å². The van der Waals surface area contributed by atoms with Crippen LogP contribution >= 0.6 is 0 Å². The van der Waals surface area contributed by atoms with Gasteiger partial charge in [0.1, 0.15) is 11.5 Å². The lowest BCUT2D eigenvalue weighted by Gasteiger charge is -2.01. The molecule has 0 aliphatic rings. The van der Waals surface area contributed by atoms with Crippen LogP contribution in [0.5, 0.6) is 0 Å². The highest BCUT2D eigenvalue weighted by Gasteiger charge is 2.12. The second kappa shape index (κ2) is 4.19. The van der Waals surface area contributed by atoms with E-state index in [2.05, 4.69) is 9.97 Å². The van der Waals surface area contributed by atoms with E-state index in [4.69, 9.17) is 5.73 Å². The van der Waals surface area contributed by atoms with Gasteiger partial charge >= 0.3 is 0 Å². The fourth-order valence-electron chi connectivity index (χ4n) is 2.00. The van der Waals surface area contributed by atoms with Crippen molar-refractivity contribution in [3.05, 3.63) is 54.4 Å². The number of pyridine rings is 2. The SMILES string of the molecule is NCc1c(-c2cccnc2)nc2ccc(F)cn12. The highest BCUT2D eigenvalue weighted by Crippen LogP contribution is 2.23. The summed E-state index contributed by atoms with van der Waals surface area (Å²) in [7, 11) is 0. The summed E-state index contributed by atoms with van der Waals surface area (Å²) in [5.74, 6) is -0.313. The van der Waals surface area contributed by atoms with E-state index < -0.39 is 0 Å². The summed E-state index contributed by atoms with van der Waals surface area (Å²) in [5.41, 5.74) is 8.82. The van der Waals surface area contributed by atoms with Crippen molar-refractivity contribution < 1.29 is 4.39 Å². The Hall–Kier alpha value is -2.27. The van der Waals surface area contributed by atoms with Crippen LogP contribution in [0.1, 0.15) is 5.69 Å². The molecule has 0 spiro atoms. The Morgan fingerprint density at radius 2 is 2.17 bits per heavy atom. The van der Waals surface area contributed by atoms with Crippen molar-refractivity contribution in [3.8, 4) is 11.3 Å². The summed E-state index contributed by atoms with van der Waals surface area (Å²) >= 11 is 0. The monoisotopic (exact) mass is 242 g/mol. The van der Waals surface area contributed by atoms with E-state index in [-0.39, 0.29) is 12.4 Å². The predicted molar refractivity (Wildman–Crippen MR) is 66.3 cm³/mol. The van der Waals surface area contributed by atoms with Gasteiger partial charge < -0.3 is 5.73 Å². The predicted octanol–water partition coefficient (Wildman–Crippen LogP) is 1.99. The molecule has 0 fully saturated rings. The van der Waals surface area contributed by atoms with Crippen molar-refractivity contribution in [3.63, 3.8) is 0 Å². The van der Waals surface area contributed by atoms with Crippen LogP contribution in [-0.4, -0.2) is 14.4 Å². The van der Waals surface area contributed by atoms with Gasteiger partial charge in [0.2, 0.25) is 0 Å². The van der Waals surface area contributed by atoms with Gasteiger partial charge in [-0.25, -0.2) is 9.37 Å². The van der Waals surface area contributed by atoms with E-state index in [1.54, 1.807) is 22.9 Å². The van der Waals surface area contributed by atoms with Crippen molar-refractivity contribution in [2.75, 3.05) is 0 Å². The molecule has 3 rings (SSSR count). The molecule has 5 heteroatoms. The zero-order valence-corrected chi connectivity index (χ0v) is 9.55. The van der Waals surface area contributed by atoms with E-state index in [1.807, 2.05) is 12.1 Å². The maximum atomic E-state index is 13.3. The molecule has 0 unspecified atom stereocenters.